The molecule has 4 saturated carbocycles. The molecule has 148 valence electrons. The Kier molecular flexibility index (Phi) is 4.36. The molecule has 0 aromatic heterocycles. The molecule has 1 N–H and O–H groups in total. The average molecular weight is 374 g/mol. The van der Waals surface area contributed by atoms with Crippen LogP contribution >= 0.6 is 0 Å². The Morgan fingerprint density at radius 3 is 2.52 bits per heavy atom. The molecule has 4 fully saturated rings. The molecule has 0 saturated heterocycles. The zero-order valence-electron chi connectivity index (χ0n) is 16.3. The van der Waals surface area contributed by atoms with Gasteiger partial charge in [0.2, 0.25) is 0 Å². The highest BCUT2D eigenvalue weighted by Crippen LogP contribution is 2.65. The Balaban J connectivity index is 1.66. The normalized spacial score (nSPS) is 46.6. The second kappa shape index (κ2) is 6.25. The summed E-state index contributed by atoms with van der Waals surface area (Å²) in [5, 5.41) is 9.07. The topological polar surface area (TPSA) is 88.5 Å². The smallest absolute Gasteiger partial charge is 0.303 e. The number of aliphatic carboxylic acids is 1. The summed E-state index contributed by atoms with van der Waals surface area (Å²) in [7, 11) is 0. The highest BCUT2D eigenvalue weighted by atomic mass is 16.4. The third-order valence-corrected chi connectivity index (χ3v) is 9.04. The third kappa shape index (κ3) is 2.64. The minimum atomic E-state index is -0.820. The predicted octanol–water partition coefficient (Wildman–Crippen LogP) is 3.44. The van der Waals surface area contributed by atoms with Crippen LogP contribution < -0.4 is 0 Å². The van der Waals surface area contributed by atoms with Gasteiger partial charge in [-0.25, -0.2) is 0 Å². The lowest BCUT2D eigenvalue weighted by atomic mass is 9.44. The fourth-order valence-electron chi connectivity index (χ4n) is 7.33. The van der Waals surface area contributed by atoms with Gasteiger partial charge < -0.3 is 5.11 Å². The molecule has 5 nitrogen and oxygen atoms in total. The van der Waals surface area contributed by atoms with Crippen LogP contribution in [0.15, 0.2) is 0 Å². The summed E-state index contributed by atoms with van der Waals surface area (Å²) in [6, 6.07) is 0. The molecule has 0 spiro atoms. The van der Waals surface area contributed by atoms with Gasteiger partial charge in [0.05, 0.1) is 0 Å². The Hall–Kier alpha value is -1.52. The zero-order valence-corrected chi connectivity index (χ0v) is 16.3. The number of ketones is 3. The summed E-state index contributed by atoms with van der Waals surface area (Å²) in [5.41, 5.74) is -0.650. The van der Waals surface area contributed by atoms with E-state index in [2.05, 4.69) is 6.92 Å². The second-order valence-corrected chi connectivity index (χ2v) is 9.97. The van der Waals surface area contributed by atoms with E-state index in [1.165, 1.54) is 0 Å². The Morgan fingerprint density at radius 1 is 1.07 bits per heavy atom. The van der Waals surface area contributed by atoms with Gasteiger partial charge in [-0.1, -0.05) is 13.8 Å². The number of carboxylic acid groups (broad SMARTS) is 1. The van der Waals surface area contributed by atoms with Crippen LogP contribution in [0.5, 0.6) is 0 Å². The SMILES string of the molecule is C[C@]12C(=O)CC3C(C(=O)C[C@@H]4CC(=O)CC[C@]34C)C1CCC2CCC(=O)O. The summed E-state index contributed by atoms with van der Waals surface area (Å²) < 4.78 is 0. The number of hydrogen-bond acceptors (Lipinski definition) is 4. The van der Waals surface area contributed by atoms with E-state index < -0.39 is 11.4 Å². The van der Waals surface area contributed by atoms with Crippen molar-refractivity contribution in [3.63, 3.8) is 0 Å². The first kappa shape index (κ1) is 18.8. The molecule has 4 aliphatic carbocycles. The summed E-state index contributed by atoms with van der Waals surface area (Å²) in [4.78, 5) is 49.6. The average Bonchev–Trinajstić information content (AvgIpc) is 2.93. The molecule has 5 heteroatoms. The number of carbonyl (C=O) groups is 4. The Morgan fingerprint density at radius 2 is 1.81 bits per heavy atom. The second-order valence-electron chi connectivity index (χ2n) is 9.97. The number of carbonyl (C=O) groups excluding carboxylic acids is 3. The van der Waals surface area contributed by atoms with E-state index in [1.807, 2.05) is 6.92 Å². The quantitative estimate of drug-likeness (QED) is 0.817. The minimum Gasteiger partial charge on any atom is -0.481 e. The highest BCUT2D eigenvalue weighted by Gasteiger charge is 2.65. The van der Waals surface area contributed by atoms with E-state index in [4.69, 9.17) is 5.11 Å². The van der Waals surface area contributed by atoms with E-state index in [-0.39, 0.29) is 58.8 Å². The fourth-order valence-corrected chi connectivity index (χ4v) is 7.33. The van der Waals surface area contributed by atoms with Gasteiger partial charge in [-0.3, -0.25) is 19.2 Å². The first-order chi connectivity index (χ1) is 12.7. The van der Waals surface area contributed by atoms with E-state index in [0.29, 0.717) is 32.1 Å². The Bertz CT molecular complexity index is 711. The van der Waals surface area contributed by atoms with Crippen molar-refractivity contribution in [3.8, 4) is 0 Å². The number of hydrogen-bond donors (Lipinski definition) is 1. The molecule has 0 radical (unpaired) electrons. The van der Waals surface area contributed by atoms with E-state index in [1.54, 1.807) is 0 Å². The van der Waals surface area contributed by atoms with Crippen molar-refractivity contribution in [3.05, 3.63) is 0 Å². The summed E-state index contributed by atoms with van der Waals surface area (Å²) >= 11 is 0. The molecule has 0 aliphatic heterocycles. The molecular weight excluding hydrogens is 344 g/mol. The highest BCUT2D eigenvalue weighted by molar-refractivity contribution is 5.93. The van der Waals surface area contributed by atoms with Gasteiger partial charge in [-0.2, -0.15) is 0 Å². The molecular formula is C22H30O5. The van der Waals surface area contributed by atoms with Crippen LogP contribution in [0.3, 0.4) is 0 Å². The van der Waals surface area contributed by atoms with Crippen LogP contribution in [0.1, 0.15) is 71.6 Å². The molecule has 4 rings (SSSR count). The molecule has 0 heterocycles. The summed E-state index contributed by atoms with van der Waals surface area (Å²) in [6.45, 7) is 4.21. The Labute approximate surface area is 160 Å². The molecule has 0 aromatic carbocycles. The van der Waals surface area contributed by atoms with Crippen molar-refractivity contribution in [2.75, 3.05) is 0 Å². The van der Waals surface area contributed by atoms with Gasteiger partial charge in [0.1, 0.15) is 17.3 Å². The van der Waals surface area contributed by atoms with Crippen molar-refractivity contribution in [2.24, 2.45) is 40.4 Å². The van der Waals surface area contributed by atoms with Gasteiger partial charge in [0.15, 0.2) is 0 Å². The molecule has 0 bridgehead atoms. The molecule has 27 heavy (non-hydrogen) atoms. The minimum absolute atomic E-state index is 0.0467. The van der Waals surface area contributed by atoms with Crippen molar-refractivity contribution < 1.29 is 24.3 Å². The molecule has 0 aromatic rings. The van der Waals surface area contributed by atoms with Gasteiger partial charge in [-0.05, 0) is 54.8 Å². The van der Waals surface area contributed by atoms with Gasteiger partial charge in [0, 0.05) is 43.4 Å². The van der Waals surface area contributed by atoms with Crippen LogP contribution in [-0.4, -0.2) is 28.4 Å². The fraction of sp³-hybridized carbons (Fsp3) is 0.818. The maximum Gasteiger partial charge on any atom is 0.303 e. The van der Waals surface area contributed by atoms with Gasteiger partial charge in [0.25, 0.3) is 0 Å². The number of fused-ring (bicyclic) bond motifs is 5. The van der Waals surface area contributed by atoms with E-state index >= 15 is 0 Å². The van der Waals surface area contributed by atoms with Crippen molar-refractivity contribution in [1.29, 1.82) is 0 Å². The molecule has 0 amide bonds. The van der Waals surface area contributed by atoms with Crippen LogP contribution in [0.25, 0.3) is 0 Å². The lowest BCUT2D eigenvalue weighted by molar-refractivity contribution is -0.166. The summed E-state index contributed by atoms with van der Waals surface area (Å²) in [5.74, 6) is 0.0905. The maximum absolute atomic E-state index is 13.4. The molecule has 4 aliphatic rings. The monoisotopic (exact) mass is 374 g/mol. The molecule has 7 atom stereocenters. The van der Waals surface area contributed by atoms with Crippen molar-refractivity contribution in [2.45, 2.75) is 71.6 Å². The maximum atomic E-state index is 13.4. The van der Waals surface area contributed by atoms with Crippen LogP contribution in [0.2, 0.25) is 0 Å². The predicted molar refractivity (Wildman–Crippen MR) is 97.9 cm³/mol. The first-order valence-corrected chi connectivity index (χ1v) is 10.5. The molecule has 4 unspecified atom stereocenters. The third-order valence-electron chi connectivity index (χ3n) is 9.04. The number of Topliss-reactive ketones (excluding diaryl/α,β-unsaturated/α-hetero) is 3. The van der Waals surface area contributed by atoms with Gasteiger partial charge >= 0.3 is 5.97 Å². The van der Waals surface area contributed by atoms with Crippen LogP contribution in [0, 0.1) is 40.4 Å². The van der Waals surface area contributed by atoms with Gasteiger partial charge in [-0.15, -0.1) is 0 Å². The standard InChI is InChI=1S/C22H30O5/c1-21-8-7-14(23)9-13(21)10-17(24)20-15-5-3-12(4-6-19(26)27)22(15,2)18(25)11-16(20)21/h12-13,15-16,20H,3-11H2,1-2H3,(H,26,27)/t12?,13-,15?,16?,20?,21-,22+/m0/s1. The van der Waals surface area contributed by atoms with E-state index in [9.17, 15) is 19.2 Å². The van der Waals surface area contributed by atoms with Crippen LogP contribution in [0.4, 0.5) is 0 Å². The largest absolute Gasteiger partial charge is 0.481 e. The number of carboxylic acids is 1. The number of rotatable bonds is 3. The lowest BCUT2D eigenvalue weighted by Crippen LogP contribution is -2.59. The van der Waals surface area contributed by atoms with Crippen LogP contribution in [-0.2, 0) is 19.2 Å². The first-order valence-electron chi connectivity index (χ1n) is 10.5. The van der Waals surface area contributed by atoms with E-state index in [0.717, 1.165) is 19.3 Å². The summed E-state index contributed by atoms with van der Waals surface area (Å²) in [6.07, 6.45) is 5.06. The van der Waals surface area contributed by atoms with Crippen molar-refractivity contribution in [1.82, 2.24) is 0 Å². The zero-order chi connectivity index (χ0) is 19.6. The lowest BCUT2D eigenvalue weighted by Gasteiger charge is -2.58. The van der Waals surface area contributed by atoms with Crippen molar-refractivity contribution >= 4 is 23.3 Å².